The van der Waals surface area contributed by atoms with Crippen LogP contribution in [0.3, 0.4) is 0 Å². The number of carbonyl (C=O) groups excluding carboxylic acids is 1. The van der Waals surface area contributed by atoms with Gasteiger partial charge in [0.2, 0.25) is 0 Å². The minimum Gasteiger partial charge on any atom is -0.462 e. The van der Waals surface area contributed by atoms with Crippen molar-refractivity contribution in [1.29, 1.82) is 0 Å². The van der Waals surface area contributed by atoms with Crippen LogP contribution in [0.5, 0.6) is 0 Å². The van der Waals surface area contributed by atoms with Gasteiger partial charge < -0.3 is 14.9 Å². The summed E-state index contributed by atoms with van der Waals surface area (Å²) in [6.45, 7) is 1.99. The van der Waals surface area contributed by atoms with Gasteiger partial charge in [0, 0.05) is 18.3 Å². The van der Waals surface area contributed by atoms with Gasteiger partial charge in [0.1, 0.15) is 6.10 Å². The van der Waals surface area contributed by atoms with E-state index >= 15 is 0 Å². The summed E-state index contributed by atoms with van der Waals surface area (Å²) < 4.78 is 5.68. The van der Waals surface area contributed by atoms with Crippen LogP contribution in [0.4, 0.5) is 0 Å². The van der Waals surface area contributed by atoms with Crippen LogP contribution in [-0.4, -0.2) is 34.5 Å². The van der Waals surface area contributed by atoms with Crippen molar-refractivity contribution in [3.63, 3.8) is 0 Å². The summed E-state index contributed by atoms with van der Waals surface area (Å²) in [6.07, 6.45) is 15.6. The maximum Gasteiger partial charge on any atom is 0.306 e. The lowest BCUT2D eigenvalue weighted by atomic mass is 9.88. The minimum atomic E-state index is -0.787. The smallest absolute Gasteiger partial charge is 0.306 e. The van der Waals surface area contributed by atoms with Crippen LogP contribution in [0.2, 0.25) is 0 Å². The number of aliphatic hydroxyl groups excluding tert-OH is 2. The summed E-state index contributed by atoms with van der Waals surface area (Å²) in [6, 6.07) is 0. The average molecular weight is 334 g/mol. The molecule has 24 heavy (non-hydrogen) atoms. The molecule has 0 bridgehead atoms. The van der Waals surface area contributed by atoms with Crippen LogP contribution in [0.15, 0.2) is 36.5 Å². The molecule has 0 aromatic rings. The monoisotopic (exact) mass is 334 g/mol. The molecule has 0 saturated heterocycles. The molecular weight excluding hydrogens is 304 g/mol. The van der Waals surface area contributed by atoms with Crippen molar-refractivity contribution in [3.05, 3.63) is 36.5 Å². The van der Waals surface area contributed by atoms with Gasteiger partial charge in [-0.15, -0.1) is 0 Å². The van der Waals surface area contributed by atoms with E-state index in [4.69, 9.17) is 4.74 Å². The Balaban J connectivity index is 2.14. The largest absolute Gasteiger partial charge is 0.462 e. The SMILES string of the molecule is CC[C@@H]1OC(=O)CCC/C=C\C/C=C\C/C=C\[C@H]2[C@@H](O)[C@H](O)C[C@H]21. The summed E-state index contributed by atoms with van der Waals surface area (Å²) in [5, 5.41) is 20.4. The molecular formula is C20H30O4. The van der Waals surface area contributed by atoms with Gasteiger partial charge >= 0.3 is 5.97 Å². The number of hydrogen-bond acceptors (Lipinski definition) is 4. The average Bonchev–Trinajstić information content (AvgIpc) is 2.84. The highest BCUT2D eigenvalue weighted by Gasteiger charge is 2.44. The van der Waals surface area contributed by atoms with Gasteiger partial charge in [0.25, 0.3) is 0 Å². The third-order valence-electron chi connectivity index (χ3n) is 4.95. The molecule has 5 atom stereocenters. The Bertz CT molecular complexity index is 480. The summed E-state index contributed by atoms with van der Waals surface area (Å²) in [4.78, 5) is 12.1. The van der Waals surface area contributed by atoms with Crippen molar-refractivity contribution >= 4 is 5.97 Å². The Hall–Kier alpha value is -1.39. The van der Waals surface area contributed by atoms with Crippen molar-refractivity contribution in [2.24, 2.45) is 11.8 Å². The second kappa shape index (κ2) is 9.80. The lowest BCUT2D eigenvalue weighted by molar-refractivity contribution is -0.153. The lowest BCUT2D eigenvalue weighted by Gasteiger charge is -2.27. The summed E-state index contributed by atoms with van der Waals surface area (Å²) >= 11 is 0. The van der Waals surface area contributed by atoms with Crippen LogP contribution in [-0.2, 0) is 9.53 Å². The third-order valence-corrected chi connectivity index (χ3v) is 4.95. The van der Waals surface area contributed by atoms with Crippen molar-refractivity contribution in [2.45, 2.75) is 70.2 Å². The zero-order chi connectivity index (χ0) is 17.4. The second-order valence-corrected chi connectivity index (χ2v) is 6.71. The highest BCUT2D eigenvalue weighted by molar-refractivity contribution is 5.69. The molecule has 1 aliphatic heterocycles. The molecule has 0 unspecified atom stereocenters. The quantitative estimate of drug-likeness (QED) is 0.570. The molecule has 1 saturated carbocycles. The highest BCUT2D eigenvalue weighted by Crippen LogP contribution is 2.38. The number of rotatable bonds is 1. The second-order valence-electron chi connectivity index (χ2n) is 6.71. The first-order valence-electron chi connectivity index (χ1n) is 9.15. The number of aliphatic hydroxyl groups is 2. The molecule has 0 radical (unpaired) electrons. The van der Waals surface area contributed by atoms with E-state index in [2.05, 4.69) is 24.3 Å². The van der Waals surface area contributed by atoms with E-state index in [1.54, 1.807) is 0 Å². The van der Waals surface area contributed by atoms with E-state index in [1.807, 2.05) is 19.1 Å². The van der Waals surface area contributed by atoms with E-state index in [0.29, 0.717) is 19.3 Å². The van der Waals surface area contributed by atoms with Crippen molar-refractivity contribution in [3.8, 4) is 0 Å². The predicted octanol–water partition coefficient (Wildman–Crippen LogP) is 3.30. The summed E-state index contributed by atoms with van der Waals surface area (Å²) in [5.74, 6) is -0.378. The Morgan fingerprint density at radius 2 is 1.83 bits per heavy atom. The van der Waals surface area contributed by atoms with Gasteiger partial charge in [-0.2, -0.15) is 0 Å². The normalized spacial score (nSPS) is 39.6. The fourth-order valence-corrected chi connectivity index (χ4v) is 3.61. The number of fused-ring (bicyclic) bond motifs is 1. The maximum atomic E-state index is 12.1. The van der Waals surface area contributed by atoms with Crippen LogP contribution < -0.4 is 0 Å². The molecule has 2 rings (SSSR count). The van der Waals surface area contributed by atoms with Crippen molar-refractivity contribution in [2.75, 3.05) is 0 Å². The summed E-state index contributed by atoms with van der Waals surface area (Å²) in [5.41, 5.74) is 0. The number of ether oxygens (including phenoxy) is 1. The Morgan fingerprint density at radius 1 is 1.12 bits per heavy atom. The van der Waals surface area contributed by atoms with Crippen LogP contribution in [0, 0.1) is 11.8 Å². The Labute approximate surface area is 144 Å². The molecule has 134 valence electrons. The van der Waals surface area contributed by atoms with E-state index in [-0.39, 0.29) is 23.9 Å². The Kier molecular flexibility index (Phi) is 7.73. The van der Waals surface area contributed by atoms with Gasteiger partial charge in [-0.05, 0) is 38.5 Å². The zero-order valence-electron chi connectivity index (χ0n) is 14.5. The summed E-state index contributed by atoms with van der Waals surface area (Å²) in [7, 11) is 0. The molecule has 4 heteroatoms. The van der Waals surface area contributed by atoms with Gasteiger partial charge in [-0.25, -0.2) is 0 Å². The molecule has 2 N–H and O–H groups in total. The number of carbonyl (C=O) groups is 1. The number of cyclic esters (lactones) is 1. The Morgan fingerprint density at radius 3 is 2.58 bits per heavy atom. The lowest BCUT2D eigenvalue weighted by Crippen LogP contribution is -2.31. The fraction of sp³-hybridized carbons (Fsp3) is 0.650. The minimum absolute atomic E-state index is 0.0306. The molecule has 0 aromatic carbocycles. The van der Waals surface area contributed by atoms with E-state index in [1.165, 1.54) is 0 Å². The molecule has 0 aromatic heterocycles. The molecule has 0 amide bonds. The highest BCUT2D eigenvalue weighted by atomic mass is 16.5. The fourth-order valence-electron chi connectivity index (χ4n) is 3.61. The van der Waals surface area contributed by atoms with E-state index in [0.717, 1.165) is 25.7 Å². The maximum absolute atomic E-state index is 12.1. The van der Waals surface area contributed by atoms with Crippen molar-refractivity contribution < 1.29 is 19.7 Å². The molecule has 0 spiro atoms. The predicted molar refractivity (Wildman–Crippen MR) is 94.3 cm³/mol. The van der Waals surface area contributed by atoms with E-state index in [9.17, 15) is 15.0 Å². The van der Waals surface area contributed by atoms with Crippen LogP contribution in [0.25, 0.3) is 0 Å². The van der Waals surface area contributed by atoms with Crippen molar-refractivity contribution in [1.82, 2.24) is 0 Å². The standard InChI is InChI=1S/C20H30O4/c1-2-18-16-14-17(21)20(23)15(16)12-10-8-6-4-3-5-7-9-11-13-19(22)24-18/h4-7,10,12,15-18,20-21,23H,2-3,8-9,11,13-14H2,1H3/b6-4-,7-5-,12-10-/t15-,16-,17-,18+,20-/m1/s1. The van der Waals surface area contributed by atoms with Gasteiger partial charge in [0.15, 0.2) is 0 Å². The molecule has 1 aliphatic carbocycles. The first-order valence-corrected chi connectivity index (χ1v) is 9.15. The first-order chi connectivity index (χ1) is 11.6. The molecule has 1 fully saturated rings. The topological polar surface area (TPSA) is 66.8 Å². The molecule has 2 aliphatic rings. The number of esters is 1. The zero-order valence-corrected chi connectivity index (χ0v) is 14.5. The van der Waals surface area contributed by atoms with E-state index < -0.39 is 12.2 Å². The van der Waals surface area contributed by atoms with Gasteiger partial charge in [-0.3, -0.25) is 4.79 Å². The van der Waals surface area contributed by atoms with Gasteiger partial charge in [0.05, 0.1) is 12.2 Å². The molecule has 4 nitrogen and oxygen atoms in total. The first kappa shape index (κ1) is 18.9. The molecule has 1 heterocycles. The van der Waals surface area contributed by atoms with Crippen LogP contribution in [0.1, 0.15) is 51.9 Å². The number of hydrogen-bond donors (Lipinski definition) is 2. The third kappa shape index (κ3) is 5.32. The van der Waals surface area contributed by atoms with Crippen LogP contribution >= 0.6 is 0 Å². The number of allylic oxidation sites excluding steroid dienone is 5. The van der Waals surface area contributed by atoms with Gasteiger partial charge in [-0.1, -0.05) is 43.4 Å².